The topological polar surface area (TPSA) is 75.3 Å². The second-order valence-electron chi connectivity index (χ2n) is 4.96. The fraction of sp³-hybridized carbons (Fsp3) is 0.526. The molecule has 2 N–H and O–H groups in total. The Kier molecular flexibility index (Phi) is 23.4. The molecule has 0 aliphatic heterocycles. The molecule has 5 heteroatoms. The second-order valence-corrected chi connectivity index (χ2v) is 4.96. The molecule has 1 rings (SSSR count). The van der Waals surface area contributed by atoms with Crippen LogP contribution in [-0.2, 0) is 14.4 Å². The van der Waals surface area contributed by atoms with E-state index >= 15 is 0 Å². The number of anilines is 1. The minimum absolute atomic E-state index is 0. The Balaban J connectivity index is -0.000000128. The van der Waals surface area contributed by atoms with E-state index in [0.717, 1.165) is 5.69 Å². The van der Waals surface area contributed by atoms with E-state index in [2.05, 4.69) is 10.6 Å². The van der Waals surface area contributed by atoms with Crippen LogP contribution < -0.4 is 10.6 Å². The Morgan fingerprint density at radius 1 is 0.917 bits per heavy atom. The fourth-order valence-electron chi connectivity index (χ4n) is 1.13. The molecule has 0 heterocycles. The molecule has 0 bridgehead atoms. The summed E-state index contributed by atoms with van der Waals surface area (Å²) in [7, 11) is 0. The van der Waals surface area contributed by atoms with E-state index in [9.17, 15) is 14.4 Å². The third-order valence-corrected chi connectivity index (χ3v) is 2.08. The molecule has 5 nitrogen and oxygen atoms in total. The maximum atomic E-state index is 10.5. The lowest BCUT2D eigenvalue weighted by molar-refractivity contribution is -0.119. The summed E-state index contributed by atoms with van der Waals surface area (Å²) in [6.45, 7) is 10.3. The van der Waals surface area contributed by atoms with Crippen LogP contribution in [0.4, 0.5) is 5.69 Å². The molecular weight excluding hydrogens is 304 g/mol. The van der Waals surface area contributed by atoms with Crippen LogP contribution in [0.5, 0.6) is 0 Å². The number of hydrogen-bond donors (Lipinski definition) is 2. The largest absolute Gasteiger partial charge is 0.354 e. The molecule has 0 fully saturated rings. The van der Waals surface area contributed by atoms with E-state index in [4.69, 9.17) is 0 Å². The Morgan fingerprint density at radius 2 is 1.33 bits per heavy atom. The zero-order valence-corrected chi connectivity index (χ0v) is 14.4. The Bertz CT molecular complexity index is 443. The molecule has 1 aromatic carbocycles. The van der Waals surface area contributed by atoms with Gasteiger partial charge in [-0.2, -0.15) is 0 Å². The van der Waals surface area contributed by atoms with Crippen LogP contribution in [0.15, 0.2) is 30.3 Å². The average Bonchev–Trinajstić information content (AvgIpc) is 2.38. The maximum absolute atomic E-state index is 10.5. The monoisotopic (exact) mass is 340 g/mol. The summed E-state index contributed by atoms with van der Waals surface area (Å²) in [5, 5.41) is 5.33. The van der Waals surface area contributed by atoms with Crippen LogP contribution in [0.3, 0.4) is 0 Å². The van der Waals surface area contributed by atoms with Crippen LogP contribution in [-0.4, -0.2) is 23.6 Å². The molecule has 0 spiro atoms. The summed E-state index contributed by atoms with van der Waals surface area (Å²) in [6.07, 6.45) is 0.667. The molecule has 0 atom stereocenters. The van der Waals surface area contributed by atoms with E-state index in [1.54, 1.807) is 6.92 Å². The number of amides is 2. The van der Waals surface area contributed by atoms with E-state index in [1.807, 2.05) is 51.1 Å². The van der Waals surface area contributed by atoms with Gasteiger partial charge in [0.05, 0.1) is 0 Å². The van der Waals surface area contributed by atoms with Gasteiger partial charge < -0.3 is 15.4 Å². The molecule has 2 amide bonds. The first-order valence-corrected chi connectivity index (χ1v) is 7.28. The number of para-hydroxylation sites is 1. The molecule has 24 heavy (non-hydrogen) atoms. The quantitative estimate of drug-likeness (QED) is 0.854. The minimum Gasteiger partial charge on any atom is -0.354 e. The number of benzene rings is 1. The first kappa shape index (κ1) is 29.8. The fourth-order valence-corrected chi connectivity index (χ4v) is 1.13. The molecule has 0 aliphatic rings. The van der Waals surface area contributed by atoms with Gasteiger partial charge in [-0.3, -0.25) is 9.59 Å². The van der Waals surface area contributed by atoms with Crippen molar-refractivity contribution < 1.29 is 14.4 Å². The number of hydrogen-bond acceptors (Lipinski definition) is 3. The maximum Gasteiger partial charge on any atom is 0.221 e. The molecule has 0 aromatic heterocycles. The summed E-state index contributed by atoms with van der Waals surface area (Å²) in [5.41, 5.74) is 0.843. The SMILES string of the molecule is C.C.CC(=O)NC(C)C.CC(=O)Nc1ccccc1.CCC(C)=O. The first-order chi connectivity index (χ1) is 10.2. The van der Waals surface area contributed by atoms with Crippen molar-refractivity contribution in [2.45, 2.75) is 68.9 Å². The number of carbonyl (C=O) groups is 3. The van der Waals surface area contributed by atoms with Crippen molar-refractivity contribution in [2.24, 2.45) is 0 Å². The standard InChI is InChI=1S/C8H9NO.C5H11NO.C4H8O.2CH4/c1-7(10)9-8-5-3-2-4-6-8;1-4(2)6-5(3)7;1-3-4(2)5;;/h2-6H,1H3,(H,9,10);4H,1-3H3,(H,6,7);3H2,1-2H3;2*1H4. The van der Waals surface area contributed by atoms with Gasteiger partial charge in [0.1, 0.15) is 5.78 Å². The van der Waals surface area contributed by atoms with Gasteiger partial charge in [0.25, 0.3) is 0 Å². The van der Waals surface area contributed by atoms with Crippen molar-refractivity contribution >= 4 is 23.3 Å². The average molecular weight is 341 g/mol. The van der Waals surface area contributed by atoms with Gasteiger partial charge in [0.2, 0.25) is 11.8 Å². The van der Waals surface area contributed by atoms with Crippen molar-refractivity contribution in [3.8, 4) is 0 Å². The third-order valence-electron chi connectivity index (χ3n) is 2.08. The Labute approximate surface area is 148 Å². The summed E-state index contributed by atoms with van der Waals surface area (Å²) >= 11 is 0. The lowest BCUT2D eigenvalue weighted by Crippen LogP contribution is -2.27. The lowest BCUT2D eigenvalue weighted by Gasteiger charge is -2.02. The smallest absolute Gasteiger partial charge is 0.221 e. The van der Waals surface area contributed by atoms with E-state index in [0.29, 0.717) is 6.42 Å². The van der Waals surface area contributed by atoms with Gasteiger partial charge in [0.15, 0.2) is 0 Å². The van der Waals surface area contributed by atoms with Crippen LogP contribution in [0.2, 0.25) is 0 Å². The van der Waals surface area contributed by atoms with Gasteiger partial charge in [-0.25, -0.2) is 0 Å². The number of rotatable bonds is 3. The van der Waals surface area contributed by atoms with Crippen molar-refractivity contribution in [1.82, 2.24) is 5.32 Å². The highest BCUT2D eigenvalue weighted by Crippen LogP contribution is 2.03. The lowest BCUT2D eigenvalue weighted by atomic mass is 10.3. The van der Waals surface area contributed by atoms with Gasteiger partial charge in [-0.1, -0.05) is 40.0 Å². The summed E-state index contributed by atoms with van der Waals surface area (Å²) in [4.78, 5) is 30.5. The molecule has 140 valence electrons. The van der Waals surface area contributed by atoms with E-state index in [1.165, 1.54) is 13.8 Å². The summed E-state index contributed by atoms with van der Waals surface area (Å²) in [5.74, 6) is 0.256. The van der Waals surface area contributed by atoms with Crippen LogP contribution in [0, 0.1) is 0 Å². The summed E-state index contributed by atoms with van der Waals surface area (Å²) < 4.78 is 0. The normalized spacial score (nSPS) is 7.96. The van der Waals surface area contributed by atoms with Crippen LogP contribution >= 0.6 is 0 Å². The highest BCUT2D eigenvalue weighted by Gasteiger charge is 1.91. The minimum atomic E-state index is -0.0359. The molecule has 0 saturated carbocycles. The highest BCUT2D eigenvalue weighted by molar-refractivity contribution is 5.88. The Hall–Kier alpha value is -2.17. The third kappa shape index (κ3) is 28.1. The number of carbonyl (C=O) groups excluding carboxylic acids is 3. The number of nitrogens with one attached hydrogen (secondary N) is 2. The van der Waals surface area contributed by atoms with Crippen molar-refractivity contribution in [3.05, 3.63) is 30.3 Å². The summed E-state index contributed by atoms with van der Waals surface area (Å²) in [6, 6.07) is 9.64. The first-order valence-electron chi connectivity index (χ1n) is 7.28. The molecule has 0 saturated heterocycles. The van der Waals surface area contributed by atoms with E-state index in [-0.39, 0.29) is 38.5 Å². The predicted molar refractivity (Wildman–Crippen MR) is 104 cm³/mol. The van der Waals surface area contributed by atoms with Crippen LogP contribution in [0.1, 0.15) is 62.8 Å². The Morgan fingerprint density at radius 3 is 1.54 bits per heavy atom. The highest BCUT2D eigenvalue weighted by atomic mass is 16.2. The zero-order chi connectivity index (χ0) is 17.5. The molecule has 0 unspecified atom stereocenters. The van der Waals surface area contributed by atoms with Gasteiger partial charge in [-0.05, 0) is 32.9 Å². The van der Waals surface area contributed by atoms with Crippen molar-refractivity contribution in [1.29, 1.82) is 0 Å². The molecule has 1 aromatic rings. The predicted octanol–water partition coefficient (Wildman–Crippen LogP) is 4.43. The van der Waals surface area contributed by atoms with Crippen molar-refractivity contribution in [2.75, 3.05) is 5.32 Å². The number of ketones is 1. The molecule has 0 aliphatic carbocycles. The van der Waals surface area contributed by atoms with Crippen LogP contribution in [0.25, 0.3) is 0 Å². The second kappa shape index (κ2) is 18.9. The molecule has 0 radical (unpaired) electrons. The van der Waals surface area contributed by atoms with Gasteiger partial charge in [0, 0.05) is 32.0 Å². The number of Topliss-reactive ketones (excluding diaryl/α,β-unsaturated/α-hetero) is 1. The zero-order valence-electron chi connectivity index (χ0n) is 14.4. The van der Waals surface area contributed by atoms with E-state index < -0.39 is 0 Å². The van der Waals surface area contributed by atoms with Gasteiger partial charge in [-0.15, -0.1) is 0 Å². The molecular formula is C19H36N2O3. The van der Waals surface area contributed by atoms with Crippen molar-refractivity contribution in [3.63, 3.8) is 0 Å². The van der Waals surface area contributed by atoms with Gasteiger partial charge >= 0.3 is 0 Å².